The Balaban J connectivity index is 1.73. The van der Waals surface area contributed by atoms with Crippen LogP contribution in [0.15, 0.2) is 24.3 Å². The van der Waals surface area contributed by atoms with Crippen molar-refractivity contribution in [2.24, 2.45) is 5.92 Å². The summed E-state index contributed by atoms with van der Waals surface area (Å²) in [4.78, 5) is 0. The quantitative estimate of drug-likeness (QED) is 0.910. The maximum absolute atomic E-state index is 11.4. The third kappa shape index (κ3) is 2.45. The third-order valence-electron chi connectivity index (χ3n) is 4.04. The Morgan fingerprint density at radius 1 is 1.11 bits per heavy atom. The molecule has 1 aliphatic carbocycles. The molecule has 1 aromatic carbocycles. The van der Waals surface area contributed by atoms with Crippen LogP contribution < -0.4 is 0 Å². The van der Waals surface area contributed by atoms with Crippen LogP contribution in [0.5, 0.6) is 0 Å². The molecule has 2 unspecified atom stereocenters. The van der Waals surface area contributed by atoms with Gasteiger partial charge in [-0.2, -0.15) is 0 Å². The van der Waals surface area contributed by atoms with Gasteiger partial charge >= 0.3 is 0 Å². The molecule has 3 nitrogen and oxygen atoms in total. The van der Waals surface area contributed by atoms with Crippen LogP contribution in [0.25, 0.3) is 0 Å². The molecule has 4 heteroatoms. The van der Waals surface area contributed by atoms with E-state index in [2.05, 4.69) is 12.1 Å². The lowest BCUT2D eigenvalue weighted by molar-refractivity contribution is 0.121. The molecule has 1 aliphatic heterocycles. The minimum Gasteiger partial charge on any atom is -0.388 e. The fourth-order valence-electron chi connectivity index (χ4n) is 2.73. The summed E-state index contributed by atoms with van der Waals surface area (Å²) in [6, 6.07) is 8.03. The Labute approximate surface area is 108 Å². The zero-order valence-corrected chi connectivity index (χ0v) is 11.1. The third-order valence-corrected chi connectivity index (χ3v) is 5.83. The number of rotatable bonds is 3. The van der Waals surface area contributed by atoms with Crippen molar-refractivity contribution in [1.82, 2.24) is 0 Å². The van der Waals surface area contributed by atoms with Gasteiger partial charge in [-0.1, -0.05) is 24.3 Å². The van der Waals surface area contributed by atoms with Gasteiger partial charge in [-0.05, 0) is 36.3 Å². The standard InChI is InChI=1S/C14H18O3S/c15-14(13-7-8-18(16,17)9-13)12-5-3-11(4-6-12)10-1-2-10/h3-6,10,13-15H,1-2,7-9H2. The predicted molar refractivity (Wildman–Crippen MR) is 70.1 cm³/mol. The zero-order chi connectivity index (χ0) is 12.8. The van der Waals surface area contributed by atoms with Crippen molar-refractivity contribution >= 4 is 9.84 Å². The van der Waals surface area contributed by atoms with Crippen molar-refractivity contribution in [1.29, 1.82) is 0 Å². The molecule has 1 N–H and O–H groups in total. The van der Waals surface area contributed by atoms with Gasteiger partial charge in [-0.15, -0.1) is 0 Å². The van der Waals surface area contributed by atoms with Crippen molar-refractivity contribution in [3.05, 3.63) is 35.4 Å². The molecule has 0 bridgehead atoms. The van der Waals surface area contributed by atoms with Crippen molar-refractivity contribution in [2.45, 2.75) is 31.3 Å². The maximum Gasteiger partial charge on any atom is 0.150 e. The van der Waals surface area contributed by atoms with Crippen LogP contribution >= 0.6 is 0 Å². The van der Waals surface area contributed by atoms with Crippen LogP contribution in [0.3, 0.4) is 0 Å². The fraction of sp³-hybridized carbons (Fsp3) is 0.571. The summed E-state index contributed by atoms with van der Waals surface area (Å²) in [5, 5.41) is 10.2. The summed E-state index contributed by atoms with van der Waals surface area (Å²) >= 11 is 0. The van der Waals surface area contributed by atoms with E-state index in [1.165, 1.54) is 18.4 Å². The summed E-state index contributed by atoms with van der Waals surface area (Å²) < 4.78 is 22.8. The number of hydrogen-bond acceptors (Lipinski definition) is 3. The second kappa shape index (κ2) is 4.35. The highest BCUT2D eigenvalue weighted by atomic mass is 32.2. The summed E-state index contributed by atoms with van der Waals surface area (Å²) in [5.41, 5.74) is 2.19. The van der Waals surface area contributed by atoms with Gasteiger partial charge in [0, 0.05) is 5.92 Å². The first-order chi connectivity index (χ1) is 8.55. The molecule has 98 valence electrons. The van der Waals surface area contributed by atoms with E-state index < -0.39 is 15.9 Å². The van der Waals surface area contributed by atoms with Gasteiger partial charge in [0.05, 0.1) is 17.6 Å². The van der Waals surface area contributed by atoms with E-state index in [4.69, 9.17) is 0 Å². The lowest BCUT2D eigenvalue weighted by Gasteiger charge is -2.17. The second-order valence-electron chi connectivity index (χ2n) is 5.55. The van der Waals surface area contributed by atoms with Gasteiger partial charge < -0.3 is 5.11 Å². The van der Waals surface area contributed by atoms with Crippen LogP contribution in [0.1, 0.15) is 42.4 Å². The normalized spacial score (nSPS) is 28.2. The van der Waals surface area contributed by atoms with E-state index in [1.807, 2.05) is 12.1 Å². The molecule has 1 saturated heterocycles. The highest BCUT2D eigenvalue weighted by Crippen LogP contribution is 2.40. The predicted octanol–water partition coefficient (Wildman–Crippen LogP) is 2.03. The van der Waals surface area contributed by atoms with Crippen molar-refractivity contribution in [3.63, 3.8) is 0 Å². The van der Waals surface area contributed by atoms with Crippen LogP contribution in [0.2, 0.25) is 0 Å². The molecule has 1 saturated carbocycles. The van der Waals surface area contributed by atoms with Crippen molar-refractivity contribution in [2.75, 3.05) is 11.5 Å². The first-order valence-electron chi connectivity index (χ1n) is 6.53. The molecule has 18 heavy (non-hydrogen) atoms. The van der Waals surface area contributed by atoms with Gasteiger partial charge in [-0.25, -0.2) is 8.42 Å². The Hall–Kier alpha value is -0.870. The molecule has 2 aliphatic rings. The molecule has 3 rings (SSSR count). The number of hydrogen-bond donors (Lipinski definition) is 1. The molecule has 1 aromatic rings. The minimum absolute atomic E-state index is 0.124. The topological polar surface area (TPSA) is 54.4 Å². The summed E-state index contributed by atoms with van der Waals surface area (Å²) in [5.74, 6) is 0.915. The van der Waals surface area contributed by atoms with Gasteiger partial charge in [0.15, 0.2) is 9.84 Å². The first-order valence-corrected chi connectivity index (χ1v) is 8.36. The van der Waals surface area contributed by atoms with E-state index in [1.54, 1.807) is 0 Å². The van der Waals surface area contributed by atoms with Gasteiger partial charge in [0.2, 0.25) is 0 Å². The zero-order valence-electron chi connectivity index (χ0n) is 10.2. The molecular formula is C14H18O3S. The fourth-order valence-corrected chi connectivity index (χ4v) is 4.56. The van der Waals surface area contributed by atoms with Gasteiger partial charge in [-0.3, -0.25) is 0 Å². The number of sulfone groups is 1. The number of aliphatic hydroxyl groups excluding tert-OH is 1. The molecule has 1 heterocycles. The van der Waals surface area contributed by atoms with Crippen molar-refractivity contribution < 1.29 is 13.5 Å². The highest BCUT2D eigenvalue weighted by Gasteiger charge is 2.33. The lowest BCUT2D eigenvalue weighted by atomic mass is 9.94. The number of benzene rings is 1. The molecule has 0 radical (unpaired) electrons. The van der Waals surface area contributed by atoms with E-state index in [0.29, 0.717) is 12.3 Å². The first kappa shape index (κ1) is 12.2. The van der Waals surface area contributed by atoms with Crippen LogP contribution in [-0.4, -0.2) is 25.0 Å². The van der Waals surface area contributed by atoms with E-state index in [0.717, 1.165) is 5.56 Å². The Morgan fingerprint density at radius 3 is 2.28 bits per heavy atom. The Morgan fingerprint density at radius 2 is 1.78 bits per heavy atom. The molecule has 0 spiro atoms. The van der Waals surface area contributed by atoms with E-state index >= 15 is 0 Å². The second-order valence-corrected chi connectivity index (χ2v) is 7.78. The molecule has 0 aromatic heterocycles. The number of aliphatic hydroxyl groups is 1. The van der Waals surface area contributed by atoms with Crippen LogP contribution in [-0.2, 0) is 9.84 Å². The summed E-state index contributed by atoms with van der Waals surface area (Å²) in [7, 11) is -2.92. The largest absolute Gasteiger partial charge is 0.388 e. The van der Waals surface area contributed by atoms with Gasteiger partial charge in [0.25, 0.3) is 0 Å². The smallest absolute Gasteiger partial charge is 0.150 e. The summed E-state index contributed by atoms with van der Waals surface area (Å²) in [6.45, 7) is 0. The van der Waals surface area contributed by atoms with Crippen LogP contribution in [0.4, 0.5) is 0 Å². The highest BCUT2D eigenvalue weighted by molar-refractivity contribution is 7.91. The SMILES string of the molecule is O=S1(=O)CCC(C(O)c2ccc(C3CC3)cc2)C1. The average molecular weight is 266 g/mol. The molecule has 2 atom stereocenters. The molecule has 0 amide bonds. The molecular weight excluding hydrogens is 248 g/mol. The van der Waals surface area contributed by atoms with Crippen molar-refractivity contribution in [3.8, 4) is 0 Å². The van der Waals surface area contributed by atoms with Gasteiger partial charge in [0.1, 0.15) is 0 Å². The Bertz CT molecular complexity index is 529. The van der Waals surface area contributed by atoms with E-state index in [-0.39, 0.29) is 17.4 Å². The Kier molecular flexibility index (Phi) is 2.94. The minimum atomic E-state index is -2.92. The lowest BCUT2D eigenvalue weighted by Crippen LogP contribution is -2.14. The average Bonchev–Trinajstić information content (AvgIpc) is 3.13. The monoisotopic (exact) mass is 266 g/mol. The molecule has 2 fully saturated rings. The maximum atomic E-state index is 11.4. The summed E-state index contributed by atoms with van der Waals surface area (Å²) in [6.07, 6.45) is 2.47. The van der Waals surface area contributed by atoms with Crippen LogP contribution in [0, 0.1) is 5.92 Å². The van der Waals surface area contributed by atoms with E-state index in [9.17, 15) is 13.5 Å².